The van der Waals surface area contributed by atoms with Gasteiger partial charge in [0.2, 0.25) is 11.8 Å². The third-order valence-electron chi connectivity index (χ3n) is 5.80. The van der Waals surface area contributed by atoms with Gasteiger partial charge in [-0.25, -0.2) is 4.98 Å². The van der Waals surface area contributed by atoms with Crippen molar-refractivity contribution in [2.45, 2.75) is 53.0 Å². The molecule has 6 nitrogen and oxygen atoms in total. The van der Waals surface area contributed by atoms with Gasteiger partial charge in [-0.3, -0.25) is 9.69 Å². The number of ether oxygens (including phenoxy) is 1. The topological polar surface area (TPSA) is 67.6 Å². The molecule has 30 heavy (non-hydrogen) atoms. The van der Waals surface area contributed by atoms with E-state index in [1.54, 1.807) is 0 Å². The minimum absolute atomic E-state index is 0.111. The summed E-state index contributed by atoms with van der Waals surface area (Å²) in [6, 6.07) is 8.40. The maximum absolute atomic E-state index is 12.4. The lowest BCUT2D eigenvalue weighted by atomic mass is 9.95. The summed E-state index contributed by atoms with van der Waals surface area (Å²) in [6.07, 6.45) is 3.67. The summed E-state index contributed by atoms with van der Waals surface area (Å²) in [7, 11) is 0. The van der Waals surface area contributed by atoms with Crippen LogP contribution in [-0.4, -0.2) is 48.6 Å². The number of rotatable bonds is 10. The van der Waals surface area contributed by atoms with Crippen LogP contribution in [0.3, 0.4) is 0 Å². The van der Waals surface area contributed by atoms with E-state index < -0.39 is 0 Å². The maximum Gasteiger partial charge on any atom is 0.226 e. The number of aryl methyl sites for hydroxylation is 2. The van der Waals surface area contributed by atoms with Crippen LogP contribution in [0.4, 0.5) is 0 Å². The average Bonchev–Trinajstić information content (AvgIpc) is 3.14. The third-order valence-corrected chi connectivity index (χ3v) is 5.80. The molecule has 0 bridgehead atoms. The van der Waals surface area contributed by atoms with Crippen molar-refractivity contribution in [1.82, 2.24) is 15.2 Å². The lowest BCUT2D eigenvalue weighted by molar-refractivity contribution is -0.126. The number of benzene rings is 1. The summed E-state index contributed by atoms with van der Waals surface area (Å²) < 4.78 is 11.2. The second-order valence-electron chi connectivity index (χ2n) is 7.96. The molecule has 1 aliphatic heterocycles. The predicted octanol–water partition coefficient (Wildman–Crippen LogP) is 3.97. The van der Waals surface area contributed by atoms with E-state index in [9.17, 15) is 4.79 Å². The van der Waals surface area contributed by atoms with Gasteiger partial charge in [-0.15, -0.1) is 0 Å². The number of piperidine rings is 1. The number of aromatic nitrogens is 1. The number of nitrogens with zero attached hydrogens (tertiary/aromatic N) is 2. The molecule has 0 saturated carbocycles. The summed E-state index contributed by atoms with van der Waals surface area (Å²) in [6.45, 7) is 10.8. The Labute approximate surface area is 180 Å². The molecule has 1 saturated heterocycles. The van der Waals surface area contributed by atoms with E-state index in [2.05, 4.69) is 41.4 Å². The van der Waals surface area contributed by atoms with Crippen LogP contribution in [0.1, 0.15) is 50.1 Å². The second kappa shape index (κ2) is 11.3. The summed E-state index contributed by atoms with van der Waals surface area (Å²) in [5.41, 5.74) is 3.31. The van der Waals surface area contributed by atoms with Gasteiger partial charge in [0, 0.05) is 37.8 Å². The maximum atomic E-state index is 12.4. The molecule has 1 fully saturated rings. The Morgan fingerprint density at radius 3 is 2.63 bits per heavy atom. The molecule has 1 amide bonds. The molecule has 0 aliphatic carbocycles. The summed E-state index contributed by atoms with van der Waals surface area (Å²) in [5, 5.41) is 3.05. The molecule has 2 aromatic rings. The zero-order valence-electron chi connectivity index (χ0n) is 18.6. The lowest BCUT2D eigenvalue weighted by Gasteiger charge is -2.30. The number of likely N-dealkylation sites (tertiary alicyclic amines) is 1. The zero-order valence-corrected chi connectivity index (χ0v) is 18.6. The van der Waals surface area contributed by atoms with E-state index in [0.717, 1.165) is 68.9 Å². The van der Waals surface area contributed by atoms with Crippen molar-refractivity contribution in [3.05, 3.63) is 41.3 Å². The molecule has 1 aliphatic rings. The Bertz CT molecular complexity index is 793. The van der Waals surface area contributed by atoms with Crippen LogP contribution in [-0.2, 0) is 22.5 Å². The van der Waals surface area contributed by atoms with Gasteiger partial charge < -0.3 is 14.5 Å². The van der Waals surface area contributed by atoms with Gasteiger partial charge in [0.15, 0.2) is 0 Å². The van der Waals surface area contributed by atoms with Gasteiger partial charge in [0.1, 0.15) is 5.76 Å². The van der Waals surface area contributed by atoms with Crippen LogP contribution in [0.5, 0.6) is 0 Å². The molecule has 2 heterocycles. The lowest BCUT2D eigenvalue weighted by Crippen LogP contribution is -2.40. The monoisotopic (exact) mass is 413 g/mol. The van der Waals surface area contributed by atoms with Crippen molar-refractivity contribution in [3.63, 3.8) is 0 Å². The smallest absolute Gasteiger partial charge is 0.226 e. The molecule has 3 rings (SSSR count). The fourth-order valence-electron chi connectivity index (χ4n) is 3.82. The highest BCUT2D eigenvalue weighted by Gasteiger charge is 2.25. The van der Waals surface area contributed by atoms with E-state index in [4.69, 9.17) is 14.1 Å². The molecule has 1 aromatic carbocycles. The Kier molecular flexibility index (Phi) is 8.46. The van der Waals surface area contributed by atoms with Gasteiger partial charge in [-0.1, -0.05) is 19.1 Å². The van der Waals surface area contributed by atoms with Crippen molar-refractivity contribution in [2.75, 3.05) is 32.8 Å². The minimum Gasteiger partial charge on any atom is -0.441 e. The number of carbonyl (C=O) groups is 1. The number of amides is 1. The largest absolute Gasteiger partial charge is 0.441 e. The van der Waals surface area contributed by atoms with E-state index in [1.807, 2.05) is 13.8 Å². The van der Waals surface area contributed by atoms with Crippen LogP contribution in [0.2, 0.25) is 0 Å². The zero-order chi connectivity index (χ0) is 21.3. The summed E-state index contributed by atoms with van der Waals surface area (Å²) in [5.74, 6) is 1.85. The molecule has 0 atom stereocenters. The number of oxazole rings is 1. The van der Waals surface area contributed by atoms with Gasteiger partial charge in [-0.05, 0) is 70.3 Å². The molecule has 0 radical (unpaired) electrons. The number of hydrogen-bond acceptors (Lipinski definition) is 5. The van der Waals surface area contributed by atoms with Crippen molar-refractivity contribution in [2.24, 2.45) is 5.92 Å². The minimum atomic E-state index is 0.111. The van der Waals surface area contributed by atoms with Gasteiger partial charge in [0.25, 0.3) is 0 Å². The highest BCUT2D eigenvalue weighted by Crippen LogP contribution is 2.25. The molecule has 1 aromatic heterocycles. The van der Waals surface area contributed by atoms with Crippen LogP contribution in [0.25, 0.3) is 11.5 Å². The Morgan fingerprint density at radius 1 is 1.23 bits per heavy atom. The first-order chi connectivity index (χ1) is 14.6. The summed E-state index contributed by atoms with van der Waals surface area (Å²) in [4.78, 5) is 19.5. The Balaban J connectivity index is 1.46. The van der Waals surface area contributed by atoms with E-state index in [-0.39, 0.29) is 11.8 Å². The highest BCUT2D eigenvalue weighted by molar-refractivity contribution is 5.78. The molecule has 0 spiro atoms. The first kappa shape index (κ1) is 22.5. The van der Waals surface area contributed by atoms with Crippen LogP contribution in [0.15, 0.2) is 28.7 Å². The van der Waals surface area contributed by atoms with Crippen molar-refractivity contribution in [3.8, 4) is 11.5 Å². The van der Waals surface area contributed by atoms with Gasteiger partial charge in [-0.2, -0.15) is 0 Å². The quantitative estimate of drug-likeness (QED) is 0.597. The van der Waals surface area contributed by atoms with Crippen LogP contribution >= 0.6 is 0 Å². The Morgan fingerprint density at radius 2 is 1.97 bits per heavy atom. The fourth-order valence-corrected chi connectivity index (χ4v) is 3.82. The van der Waals surface area contributed by atoms with Gasteiger partial charge in [0.05, 0.1) is 5.69 Å². The normalized spacial score (nSPS) is 15.4. The van der Waals surface area contributed by atoms with Gasteiger partial charge >= 0.3 is 0 Å². The standard InChI is InChI=1S/C24H35N3O3/c1-4-19-7-9-21(10-8-19)24-26-22(18(3)30-24)17-27-14-11-20(12-15-27)23(28)25-13-6-16-29-5-2/h7-10,20H,4-6,11-17H2,1-3H3,(H,25,28). The van der Waals surface area contributed by atoms with Crippen LogP contribution < -0.4 is 5.32 Å². The first-order valence-electron chi connectivity index (χ1n) is 11.2. The molecule has 164 valence electrons. The summed E-state index contributed by atoms with van der Waals surface area (Å²) >= 11 is 0. The molecular formula is C24H35N3O3. The average molecular weight is 414 g/mol. The van der Waals surface area contributed by atoms with E-state index in [0.29, 0.717) is 19.0 Å². The molecule has 6 heteroatoms. The van der Waals surface area contributed by atoms with Crippen molar-refractivity contribution < 1.29 is 13.9 Å². The highest BCUT2D eigenvalue weighted by atomic mass is 16.5. The molecule has 0 unspecified atom stereocenters. The first-order valence-corrected chi connectivity index (χ1v) is 11.2. The SMILES string of the molecule is CCOCCCNC(=O)C1CCN(Cc2nc(-c3ccc(CC)cc3)oc2C)CC1. The Hall–Kier alpha value is -2.18. The second-order valence-corrected chi connectivity index (χ2v) is 7.96. The van der Waals surface area contributed by atoms with Crippen LogP contribution in [0, 0.1) is 12.8 Å². The number of carbonyl (C=O) groups excluding carboxylic acids is 1. The number of nitrogens with one attached hydrogen (secondary N) is 1. The molecular weight excluding hydrogens is 378 g/mol. The van der Waals surface area contributed by atoms with Crippen molar-refractivity contribution >= 4 is 5.91 Å². The fraction of sp³-hybridized carbons (Fsp3) is 0.583. The number of hydrogen-bond donors (Lipinski definition) is 1. The van der Waals surface area contributed by atoms with E-state index in [1.165, 1.54) is 5.56 Å². The van der Waals surface area contributed by atoms with E-state index >= 15 is 0 Å². The predicted molar refractivity (Wildman–Crippen MR) is 118 cm³/mol. The third kappa shape index (κ3) is 6.16. The van der Waals surface area contributed by atoms with Crippen molar-refractivity contribution in [1.29, 1.82) is 0 Å². The molecule has 1 N–H and O–H groups in total.